The third kappa shape index (κ3) is 2.93. The highest BCUT2D eigenvalue weighted by Crippen LogP contribution is 2.67. The van der Waals surface area contributed by atoms with E-state index in [0.29, 0.717) is 11.8 Å². The molecule has 0 aromatic carbocycles. The maximum atomic E-state index is 9.55. The van der Waals surface area contributed by atoms with Crippen molar-refractivity contribution in [2.75, 3.05) is 0 Å². The van der Waals surface area contributed by atoms with Gasteiger partial charge in [-0.1, -0.05) is 20.8 Å². The van der Waals surface area contributed by atoms with E-state index in [2.05, 4.69) is 20.8 Å². The van der Waals surface area contributed by atoms with E-state index in [0.717, 1.165) is 30.1 Å². The molecule has 14 heavy (non-hydrogen) atoms. The Hall–Kier alpha value is 0.380. The molecular weight excluding hydrogens is 219 g/mol. The van der Waals surface area contributed by atoms with Crippen LogP contribution in [0.3, 0.4) is 0 Å². The Morgan fingerprint density at radius 2 is 2.00 bits per heavy atom. The summed E-state index contributed by atoms with van der Waals surface area (Å²) in [5.41, 5.74) is 1.16. The molecule has 1 aliphatic rings. The summed E-state index contributed by atoms with van der Waals surface area (Å²) in [5.74, 6) is 0.889. The molecule has 0 aromatic rings. The fourth-order valence-electron chi connectivity index (χ4n) is 2.03. The minimum absolute atomic E-state index is 0.370. The van der Waals surface area contributed by atoms with Crippen LogP contribution in [0.15, 0.2) is 10.9 Å². The van der Waals surface area contributed by atoms with Gasteiger partial charge in [-0.25, -0.2) is 0 Å². The first-order valence-corrected chi connectivity index (χ1v) is 7.69. The van der Waals surface area contributed by atoms with Gasteiger partial charge in [0.2, 0.25) is 0 Å². The molecule has 0 aliphatic heterocycles. The van der Waals surface area contributed by atoms with Crippen LogP contribution < -0.4 is 0 Å². The van der Waals surface area contributed by atoms with Crippen LogP contribution in [-0.4, -0.2) is 9.79 Å². The molecule has 1 rings (SSSR count). The molecule has 4 heteroatoms. The Bertz CT molecular complexity index is 243. The summed E-state index contributed by atoms with van der Waals surface area (Å²) in [7, 11) is -3.29. The van der Waals surface area contributed by atoms with Gasteiger partial charge in [0, 0.05) is 6.42 Å². The SMILES string of the molecule is CC1CCC(C(C)C)=C([P+](O)(O)Cl)C1. The lowest BCUT2D eigenvalue weighted by Crippen LogP contribution is -2.12. The number of halogens is 1. The van der Waals surface area contributed by atoms with Crippen LogP contribution in [0, 0.1) is 11.8 Å². The maximum Gasteiger partial charge on any atom is 0.396 e. The van der Waals surface area contributed by atoms with Gasteiger partial charge < -0.3 is 0 Å². The van der Waals surface area contributed by atoms with Gasteiger partial charge in [0.1, 0.15) is 5.31 Å². The molecule has 0 fully saturated rings. The zero-order chi connectivity index (χ0) is 10.9. The Morgan fingerprint density at radius 1 is 1.43 bits per heavy atom. The van der Waals surface area contributed by atoms with Gasteiger partial charge in [-0.15, -0.1) is 0 Å². The van der Waals surface area contributed by atoms with E-state index in [-0.39, 0.29) is 0 Å². The molecule has 0 aromatic heterocycles. The van der Waals surface area contributed by atoms with Crippen molar-refractivity contribution in [2.24, 2.45) is 11.8 Å². The molecule has 2 N–H and O–H groups in total. The Labute approximate surface area is 91.3 Å². The van der Waals surface area contributed by atoms with E-state index < -0.39 is 7.07 Å². The summed E-state index contributed by atoms with van der Waals surface area (Å²) in [4.78, 5) is 19.1. The van der Waals surface area contributed by atoms with Gasteiger partial charge in [0.05, 0.1) is 0 Å². The topological polar surface area (TPSA) is 40.5 Å². The lowest BCUT2D eigenvalue weighted by molar-refractivity contribution is 0.444. The molecule has 1 aliphatic carbocycles. The number of hydrogen-bond acceptors (Lipinski definition) is 2. The average molecular weight is 238 g/mol. The zero-order valence-corrected chi connectivity index (χ0v) is 10.6. The first-order valence-electron chi connectivity index (χ1n) is 5.09. The average Bonchev–Trinajstić information content (AvgIpc) is 2.01. The maximum absolute atomic E-state index is 9.55. The second kappa shape index (κ2) is 4.49. The van der Waals surface area contributed by atoms with Crippen LogP contribution in [0.1, 0.15) is 40.0 Å². The zero-order valence-electron chi connectivity index (χ0n) is 9.00. The highest BCUT2D eigenvalue weighted by molar-refractivity contribution is 7.93. The second-order valence-electron chi connectivity index (χ2n) is 4.50. The highest BCUT2D eigenvalue weighted by Gasteiger charge is 2.42. The smallest absolute Gasteiger partial charge is 0.199 e. The van der Waals surface area contributed by atoms with E-state index >= 15 is 0 Å². The van der Waals surface area contributed by atoms with E-state index in [9.17, 15) is 9.79 Å². The molecule has 0 saturated heterocycles. The predicted octanol–water partition coefficient (Wildman–Crippen LogP) is 3.70. The van der Waals surface area contributed by atoms with Crippen LogP contribution in [-0.2, 0) is 0 Å². The molecule has 0 radical (unpaired) electrons. The standard InChI is InChI=1S/C10H19ClO2P/c1-7(2)9-5-4-8(3)6-10(9)14(11,12)13/h7-8,12-13H,4-6H2,1-3H3/q+1. The van der Waals surface area contributed by atoms with Gasteiger partial charge in [-0.05, 0) is 30.3 Å². The summed E-state index contributed by atoms with van der Waals surface area (Å²) >= 11 is 5.68. The van der Waals surface area contributed by atoms with E-state index in [1.165, 1.54) is 0 Å². The molecule has 1 unspecified atom stereocenters. The van der Waals surface area contributed by atoms with Crippen LogP contribution in [0.5, 0.6) is 0 Å². The Kier molecular flexibility index (Phi) is 3.99. The lowest BCUT2D eigenvalue weighted by Gasteiger charge is -2.25. The number of allylic oxidation sites excluding steroid dienone is 2. The highest BCUT2D eigenvalue weighted by atomic mass is 35.7. The lowest BCUT2D eigenvalue weighted by atomic mass is 9.86. The van der Waals surface area contributed by atoms with Crippen molar-refractivity contribution in [2.45, 2.75) is 40.0 Å². The van der Waals surface area contributed by atoms with Crippen LogP contribution in [0.4, 0.5) is 0 Å². The van der Waals surface area contributed by atoms with Crippen molar-refractivity contribution in [1.29, 1.82) is 0 Å². The van der Waals surface area contributed by atoms with E-state index in [1.54, 1.807) is 0 Å². The third-order valence-corrected chi connectivity index (χ3v) is 4.63. The monoisotopic (exact) mass is 237 g/mol. The molecule has 1 atom stereocenters. The summed E-state index contributed by atoms with van der Waals surface area (Å²) in [6.45, 7) is 6.29. The number of rotatable bonds is 2. The van der Waals surface area contributed by atoms with Crippen molar-refractivity contribution in [3.8, 4) is 0 Å². The van der Waals surface area contributed by atoms with E-state index in [1.807, 2.05) is 0 Å². The largest absolute Gasteiger partial charge is 0.396 e. The van der Waals surface area contributed by atoms with Crippen LogP contribution >= 0.6 is 18.3 Å². The molecular formula is C10H19ClO2P+. The minimum atomic E-state index is -3.29. The van der Waals surface area contributed by atoms with Gasteiger partial charge in [0.25, 0.3) is 0 Å². The fourth-order valence-corrected chi connectivity index (χ4v) is 3.84. The first-order chi connectivity index (χ1) is 6.32. The van der Waals surface area contributed by atoms with Crippen LogP contribution in [0.2, 0.25) is 0 Å². The Morgan fingerprint density at radius 3 is 2.43 bits per heavy atom. The van der Waals surface area contributed by atoms with Crippen molar-refractivity contribution in [1.82, 2.24) is 0 Å². The molecule has 82 valence electrons. The molecule has 0 heterocycles. The van der Waals surface area contributed by atoms with Crippen molar-refractivity contribution in [3.05, 3.63) is 10.9 Å². The molecule has 0 bridgehead atoms. The summed E-state index contributed by atoms with van der Waals surface area (Å²) < 4.78 is 0. The Balaban J connectivity index is 3.01. The van der Waals surface area contributed by atoms with E-state index in [4.69, 9.17) is 11.2 Å². The van der Waals surface area contributed by atoms with Gasteiger partial charge in [-0.3, -0.25) is 0 Å². The van der Waals surface area contributed by atoms with Crippen molar-refractivity contribution >= 4 is 18.3 Å². The van der Waals surface area contributed by atoms with Crippen molar-refractivity contribution < 1.29 is 9.79 Å². The second-order valence-corrected chi connectivity index (χ2v) is 7.50. The molecule has 0 spiro atoms. The fraction of sp³-hybridized carbons (Fsp3) is 0.800. The molecule has 0 amide bonds. The van der Waals surface area contributed by atoms with Crippen molar-refractivity contribution in [3.63, 3.8) is 0 Å². The summed E-state index contributed by atoms with van der Waals surface area (Å²) in [6, 6.07) is 0. The van der Waals surface area contributed by atoms with Gasteiger partial charge >= 0.3 is 7.07 Å². The third-order valence-electron chi connectivity index (χ3n) is 2.86. The van der Waals surface area contributed by atoms with Gasteiger partial charge in [0.15, 0.2) is 11.2 Å². The predicted molar refractivity (Wildman–Crippen MR) is 62.1 cm³/mol. The number of hydrogen-bond donors (Lipinski definition) is 2. The molecule has 0 saturated carbocycles. The van der Waals surface area contributed by atoms with Crippen LogP contribution in [0.25, 0.3) is 0 Å². The normalized spacial score (nSPS) is 24.6. The first kappa shape index (κ1) is 12.4. The van der Waals surface area contributed by atoms with Gasteiger partial charge in [-0.2, -0.15) is 9.79 Å². The summed E-state index contributed by atoms with van der Waals surface area (Å²) in [6.07, 6.45) is 2.84. The summed E-state index contributed by atoms with van der Waals surface area (Å²) in [5, 5.41) is 0.730. The quantitative estimate of drug-likeness (QED) is 0.719. The minimum Gasteiger partial charge on any atom is -0.199 e. The molecule has 2 nitrogen and oxygen atoms in total.